The summed E-state index contributed by atoms with van der Waals surface area (Å²) in [5.74, 6) is -0.423. The lowest BCUT2D eigenvalue weighted by Gasteiger charge is -2.09. The molecular weight excluding hydrogens is 222 g/mol. The van der Waals surface area contributed by atoms with Gasteiger partial charge in [0.25, 0.3) is 0 Å². The fraction of sp³-hybridized carbons (Fsp3) is 0.143. The van der Waals surface area contributed by atoms with Crippen LogP contribution < -0.4 is 4.74 Å². The molecule has 0 saturated heterocycles. The second-order valence-electron chi connectivity index (χ2n) is 3.88. The molecule has 3 heteroatoms. The molecule has 0 saturated carbocycles. The Hall–Kier alpha value is -1.90. The molecule has 2 rings (SSSR count). The minimum atomic E-state index is -0.467. The van der Waals surface area contributed by atoms with Crippen molar-refractivity contribution in [3.8, 4) is 11.5 Å². The summed E-state index contributed by atoms with van der Waals surface area (Å²) >= 11 is 0. The second-order valence-corrected chi connectivity index (χ2v) is 3.88. The average molecular weight is 234 g/mol. The fourth-order valence-corrected chi connectivity index (χ4v) is 1.50. The number of aryl methyl sites for hydroxylation is 1. The maximum Gasteiger partial charge on any atom is 0.165 e. The van der Waals surface area contributed by atoms with E-state index in [-0.39, 0.29) is 11.6 Å². The van der Waals surface area contributed by atoms with E-state index in [9.17, 15) is 8.78 Å². The summed E-state index contributed by atoms with van der Waals surface area (Å²) in [4.78, 5) is 0. The van der Waals surface area contributed by atoms with Gasteiger partial charge in [0.2, 0.25) is 0 Å². The maximum atomic E-state index is 13.5. The van der Waals surface area contributed by atoms with Gasteiger partial charge in [-0.25, -0.2) is 8.78 Å². The van der Waals surface area contributed by atoms with E-state index in [0.29, 0.717) is 11.3 Å². The summed E-state index contributed by atoms with van der Waals surface area (Å²) in [5, 5.41) is 0. The van der Waals surface area contributed by atoms with E-state index in [1.54, 1.807) is 32.0 Å². The number of hydrogen-bond donors (Lipinski definition) is 0. The Labute approximate surface area is 98.7 Å². The van der Waals surface area contributed by atoms with Gasteiger partial charge < -0.3 is 4.74 Å². The van der Waals surface area contributed by atoms with Crippen molar-refractivity contribution in [2.45, 2.75) is 13.8 Å². The molecule has 0 atom stereocenters. The third kappa shape index (κ3) is 2.44. The van der Waals surface area contributed by atoms with Crippen molar-refractivity contribution >= 4 is 0 Å². The van der Waals surface area contributed by atoms with Gasteiger partial charge in [0.1, 0.15) is 11.6 Å². The molecule has 0 N–H and O–H groups in total. The third-order valence-electron chi connectivity index (χ3n) is 2.64. The zero-order valence-electron chi connectivity index (χ0n) is 9.63. The standard InChI is InChI=1S/C14H12F2O/c1-9-7-11(8-13(16)10(9)2)17-14-6-4-3-5-12(14)15/h3-8H,1-2H3. The summed E-state index contributed by atoms with van der Waals surface area (Å²) in [6, 6.07) is 8.98. The number of hydrogen-bond acceptors (Lipinski definition) is 1. The molecule has 2 aromatic carbocycles. The minimum absolute atomic E-state index is 0.0927. The average Bonchev–Trinajstić information content (AvgIpc) is 2.29. The largest absolute Gasteiger partial charge is 0.454 e. The first kappa shape index (κ1) is 11.6. The highest BCUT2D eigenvalue weighted by Gasteiger charge is 2.07. The Balaban J connectivity index is 2.34. The van der Waals surface area contributed by atoms with Crippen LogP contribution in [0.5, 0.6) is 11.5 Å². The van der Waals surface area contributed by atoms with Crippen LogP contribution >= 0.6 is 0 Å². The Morgan fingerprint density at radius 1 is 0.941 bits per heavy atom. The molecule has 0 spiro atoms. The third-order valence-corrected chi connectivity index (χ3v) is 2.64. The highest BCUT2D eigenvalue weighted by atomic mass is 19.1. The van der Waals surface area contributed by atoms with Crippen molar-refractivity contribution in [3.63, 3.8) is 0 Å². The van der Waals surface area contributed by atoms with Crippen LogP contribution in [0.2, 0.25) is 0 Å². The van der Waals surface area contributed by atoms with Crippen molar-refractivity contribution in [3.05, 3.63) is 59.2 Å². The van der Waals surface area contributed by atoms with Crippen LogP contribution in [0.1, 0.15) is 11.1 Å². The Bertz CT molecular complexity index is 527. The first-order valence-corrected chi connectivity index (χ1v) is 5.27. The van der Waals surface area contributed by atoms with Crippen molar-refractivity contribution < 1.29 is 13.5 Å². The molecule has 0 unspecified atom stereocenters. The molecular formula is C14H12F2O. The van der Waals surface area contributed by atoms with Crippen LogP contribution in [-0.2, 0) is 0 Å². The first-order valence-electron chi connectivity index (χ1n) is 5.27. The predicted octanol–water partition coefficient (Wildman–Crippen LogP) is 4.37. The van der Waals surface area contributed by atoms with Crippen molar-refractivity contribution in [2.24, 2.45) is 0 Å². The Morgan fingerprint density at radius 3 is 2.29 bits per heavy atom. The van der Waals surface area contributed by atoms with Gasteiger partial charge in [-0.3, -0.25) is 0 Å². The van der Waals surface area contributed by atoms with Gasteiger partial charge in [-0.1, -0.05) is 12.1 Å². The highest BCUT2D eigenvalue weighted by Crippen LogP contribution is 2.27. The van der Waals surface area contributed by atoms with Gasteiger partial charge in [0, 0.05) is 6.07 Å². The lowest BCUT2D eigenvalue weighted by molar-refractivity contribution is 0.438. The molecule has 1 nitrogen and oxygen atoms in total. The number of ether oxygens (including phenoxy) is 1. The molecule has 0 amide bonds. The first-order chi connectivity index (χ1) is 8.08. The number of halogens is 2. The van der Waals surface area contributed by atoms with Crippen LogP contribution in [-0.4, -0.2) is 0 Å². The lowest BCUT2D eigenvalue weighted by atomic mass is 10.1. The molecule has 0 aliphatic carbocycles. The van der Waals surface area contributed by atoms with Crippen LogP contribution in [0.4, 0.5) is 8.78 Å². The monoisotopic (exact) mass is 234 g/mol. The number of benzene rings is 2. The Kier molecular flexibility index (Phi) is 3.09. The van der Waals surface area contributed by atoms with E-state index >= 15 is 0 Å². The topological polar surface area (TPSA) is 9.23 Å². The maximum absolute atomic E-state index is 13.5. The van der Waals surface area contributed by atoms with Crippen LogP contribution in [0.3, 0.4) is 0 Å². The Morgan fingerprint density at radius 2 is 1.65 bits per heavy atom. The molecule has 17 heavy (non-hydrogen) atoms. The normalized spacial score (nSPS) is 10.4. The second kappa shape index (κ2) is 4.53. The molecule has 0 aliphatic rings. The van der Waals surface area contributed by atoms with Gasteiger partial charge in [-0.15, -0.1) is 0 Å². The summed E-state index contributed by atoms with van der Waals surface area (Å²) in [7, 11) is 0. The van der Waals surface area contributed by atoms with Gasteiger partial charge in [-0.05, 0) is 43.2 Å². The SMILES string of the molecule is Cc1cc(Oc2ccccc2F)cc(F)c1C. The molecule has 0 fully saturated rings. The van der Waals surface area contributed by atoms with Crippen molar-refractivity contribution in [2.75, 3.05) is 0 Å². The van der Waals surface area contributed by atoms with Gasteiger partial charge in [0.15, 0.2) is 11.6 Å². The zero-order valence-corrected chi connectivity index (χ0v) is 9.63. The smallest absolute Gasteiger partial charge is 0.165 e. The van der Waals surface area contributed by atoms with E-state index in [0.717, 1.165) is 5.56 Å². The van der Waals surface area contributed by atoms with Crippen molar-refractivity contribution in [1.82, 2.24) is 0 Å². The minimum Gasteiger partial charge on any atom is -0.454 e. The van der Waals surface area contributed by atoms with Crippen LogP contribution in [0, 0.1) is 25.5 Å². The number of para-hydroxylation sites is 1. The predicted molar refractivity (Wildman–Crippen MR) is 62.3 cm³/mol. The van der Waals surface area contributed by atoms with E-state index in [1.165, 1.54) is 18.2 Å². The molecule has 0 aliphatic heterocycles. The molecule has 0 aromatic heterocycles. The van der Waals surface area contributed by atoms with Crippen LogP contribution in [0.25, 0.3) is 0 Å². The highest BCUT2D eigenvalue weighted by molar-refractivity contribution is 5.38. The molecule has 88 valence electrons. The fourth-order valence-electron chi connectivity index (χ4n) is 1.50. The number of rotatable bonds is 2. The lowest BCUT2D eigenvalue weighted by Crippen LogP contribution is -1.92. The van der Waals surface area contributed by atoms with E-state index in [1.807, 2.05) is 0 Å². The van der Waals surface area contributed by atoms with Gasteiger partial charge in [-0.2, -0.15) is 0 Å². The molecule has 2 aromatic rings. The quantitative estimate of drug-likeness (QED) is 0.749. The van der Waals surface area contributed by atoms with E-state index < -0.39 is 5.82 Å². The molecule has 0 heterocycles. The molecule has 0 bridgehead atoms. The summed E-state index contributed by atoms with van der Waals surface area (Å²) in [5.41, 5.74) is 1.35. The van der Waals surface area contributed by atoms with E-state index in [4.69, 9.17) is 4.74 Å². The van der Waals surface area contributed by atoms with Crippen LogP contribution in [0.15, 0.2) is 36.4 Å². The summed E-state index contributed by atoms with van der Waals surface area (Å²) in [6.07, 6.45) is 0. The summed E-state index contributed by atoms with van der Waals surface area (Å²) < 4.78 is 32.1. The molecule has 0 radical (unpaired) electrons. The summed E-state index contributed by atoms with van der Waals surface area (Å²) in [6.45, 7) is 3.48. The van der Waals surface area contributed by atoms with Gasteiger partial charge in [0.05, 0.1) is 0 Å². The van der Waals surface area contributed by atoms with E-state index in [2.05, 4.69) is 0 Å². The van der Waals surface area contributed by atoms with Crippen molar-refractivity contribution in [1.29, 1.82) is 0 Å². The van der Waals surface area contributed by atoms with Gasteiger partial charge >= 0.3 is 0 Å². The zero-order chi connectivity index (χ0) is 12.4.